The molecule has 0 spiro atoms. The molecule has 0 aliphatic heterocycles. The SMILES string of the molecule is CCOC(=O)C(C(=O)OCC)[C@H](NCc1ccc(Oc2ccc(OC)cc2)cc1)C(=O)OC(C)(C)C. The molecule has 0 saturated heterocycles. The van der Waals surface area contributed by atoms with Gasteiger partial charge in [0.1, 0.15) is 28.9 Å². The molecule has 2 aromatic rings. The Labute approximate surface area is 212 Å². The van der Waals surface area contributed by atoms with Gasteiger partial charge in [-0.2, -0.15) is 0 Å². The lowest BCUT2D eigenvalue weighted by molar-refractivity contribution is -0.173. The minimum Gasteiger partial charge on any atom is -0.497 e. The van der Waals surface area contributed by atoms with Crippen LogP contribution in [0.15, 0.2) is 48.5 Å². The van der Waals surface area contributed by atoms with Crippen molar-refractivity contribution >= 4 is 17.9 Å². The van der Waals surface area contributed by atoms with Gasteiger partial charge in [0.2, 0.25) is 0 Å². The molecule has 0 fully saturated rings. The van der Waals surface area contributed by atoms with Gasteiger partial charge in [-0.3, -0.25) is 19.7 Å². The Bertz CT molecular complexity index is 978. The molecule has 0 aliphatic rings. The maximum Gasteiger partial charge on any atom is 0.325 e. The fourth-order valence-electron chi connectivity index (χ4n) is 3.22. The Balaban J connectivity index is 2.19. The average molecular weight is 502 g/mol. The van der Waals surface area contributed by atoms with Crippen LogP contribution in [0, 0.1) is 5.92 Å². The number of ether oxygens (including phenoxy) is 5. The zero-order valence-corrected chi connectivity index (χ0v) is 21.7. The predicted molar refractivity (Wildman–Crippen MR) is 133 cm³/mol. The van der Waals surface area contributed by atoms with Crippen molar-refractivity contribution < 1.29 is 38.1 Å². The minimum absolute atomic E-state index is 0.0471. The normalized spacial score (nSPS) is 12.0. The second kappa shape index (κ2) is 13.5. The number of carbonyl (C=O) groups excluding carboxylic acids is 3. The number of rotatable bonds is 12. The summed E-state index contributed by atoms with van der Waals surface area (Å²) in [7, 11) is 1.59. The van der Waals surface area contributed by atoms with E-state index in [1.807, 2.05) is 12.1 Å². The molecule has 0 amide bonds. The summed E-state index contributed by atoms with van der Waals surface area (Å²) in [5.41, 5.74) is -0.0391. The third kappa shape index (κ3) is 8.88. The Hall–Kier alpha value is -3.59. The minimum atomic E-state index is -1.52. The van der Waals surface area contributed by atoms with Crippen molar-refractivity contribution in [2.45, 2.75) is 52.8 Å². The molecular formula is C27H35NO8. The number of benzene rings is 2. The molecule has 0 heterocycles. The van der Waals surface area contributed by atoms with Crippen LogP contribution in [0.1, 0.15) is 40.2 Å². The van der Waals surface area contributed by atoms with Crippen LogP contribution in [0.2, 0.25) is 0 Å². The molecule has 196 valence electrons. The summed E-state index contributed by atoms with van der Waals surface area (Å²) in [6.07, 6.45) is 0. The van der Waals surface area contributed by atoms with E-state index in [0.717, 1.165) is 11.3 Å². The number of hydrogen-bond acceptors (Lipinski definition) is 9. The first-order valence-electron chi connectivity index (χ1n) is 11.8. The number of carbonyl (C=O) groups is 3. The highest BCUT2D eigenvalue weighted by molar-refractivity contribution is 6.00. The van der Waals surface area contributed by atoms with E-state index in [2.05, 4.69) is 5.32 Å². The maximum atomic E-state index is 13.0. The quantitative estimate of drug-likeness (QED) is 0.262. The summed E-state index contributed by atoms with van der Waals surface area (Å²) in [6, 6.07) is 13.0. The van der Waals surface area contributed by atoms with Crippen molar-refractivity contribution in [3.05, 3.63) is 54.1 Å². The summed E-state index contributed by atoms with van der Waals surface area (Å²) in [5.74, 6) is -2.00. The predicted octanol–water partition coefficient (Wildman–Crippen LogP) is 4.03. The van der Waals surface area contributed by atoms with Crippen LogP contribution >= 0.6 is 0 Å². The number of nitrogens with one attached hydrogen (secondary N) is 1. The van der Waals surface area contributed by atoms with E-state index >= 15 is 0 Å². The Morgan fingerprint density at radius 2 is 1.25 bits per heavy atom. The number of hydrogen-bond donors (Lipinski definition) is 1. The number of methoxy groups -OCH3 is 1. The standard InChI is InChI=1S/C27H35NO8/c1-7-33-24(29)22(25(30)34-8-2)23(26(31)36-27(3,4)5)28-17-18-9-11-20(12-10-18)35-21-15-13-19(32-6)14-16-21/h9-16,22-23,28H,7-8,17H2,1-6H3/t23-/m0/s1. The van der Waals surface area contributed by atoms with Gasteiger partial charge in [-0.05, 0) is 76.6 Å². The molecule has 0 saturated carbocycles. The van der Waals surface area contributed by atoms with Crippen molar-refractivity contribution in [1.82, 2.24) is 5.32 Å². The third-order valence-corrected chi connectivity index (χ3v) is 4.82. The van der Waals surface area contributed by atoms with E-state index in [0.29, 0.717) is 11.5 Å². The second-order valence-electron chi connectivity index (χ2n) is 8.80. The third-order valence-electron chi connectivity index (χ3n) is 4.82. The highest BCUT2D eigenvalue weighted by atomic mass is 16.6. The smallest absolute Gasteiger partial charge is 0.325 e. The van der Waals surface area contributed by atoms with E-state index in [4.69, 9.17) is 23.7 Å². The summed E-state index contributed by atoms with van der Waals surface area (Å²) in [6.45, 7) is 8.60. The molecule has 1 atom stereocenters. The van der Waals surface area contributed by atoms with Gasteiger partial charge in [-0.15, -0.1) is 0 Å². The van der Waals surface area contributed by atoms with Gasteiger partial charge in [0.05, 0.1) is 20.3 Å². The van der Waals surface area contributed by atoms with E-state index in [-0.39, 0.29) is 19.8 Å². The van der Waals surface area contributed by atoms with E-state index < -0.39 is 35.5 Å². The van der Waals surface area contributed by atoms with Crippen LogP contribution in [-0.4, -0.2) is 49.9 Å². The topological polar surface area (TPSA) is 109 Å². The van der Waals surface area contributed by atoms with E-state index in [1.54, 1.807) is 78.1 Å². The van der Waals surface area contributed by atoms with E-state index in [9.17, 15) is 14.4 Å². The van der Waals surface area contributed by atoms with Crippen LogP contribution in [0.25, 0.3) is 0 Å². The van der Waals surface area contributed by atoms with Gasteiger partial charge < -0.3 is 23.7 Å². The van der Waals surface area contributed by atoms with Gasteiger partial charge in [-0.1, -0.05) is 12.1 Å². The zero-order chi connectivity index (χ0) is 26.7. The molecular weight excluding hydrogens is 466 g/mol. The average Bonchev–Trinajstić information content (AvgIpc) is 2.82. The molecule has 9 nitrogen and oxygen atoms in total. The Morgan fingerprint density at radius 1 is 0.778 bits per heavy atom. The largest absolute Gasteiger partial charge is 0.497 e. The summed E-state index contributed by atoms with van der Waals surface area (Å²) >= 11 is 0. The van der Waals surface area contributed by atoms with Crippen molar-refractivity contribution in [3.8, 4) is 17.2 Å². The molecule has 0 aromatic heterocycles. The Morgan fingerprint density at radius 3 is 1.69 bits per heavy atom. The van der Waals surface area contributed by atoms with Gasteiger partial charge >= 0.3 is 17.9 Å². The molecule has 0 unspecified atom stereocenters. The molecule has 36 heavy (non-hydrogen) atoms. The zero-order valence-electron chi connectivity index (χ0n) is 21.7. The van der Waals surface area contributed by atoms with Crippen LogP contribution < -0.4 is 14.8 Å². The molecule has 1 N–H and O–H groups in total. The van der Waals surface area contributed by atoms with Crippen LogP contribution in [0.3, 0.4) is 0 Å². The summed E-state index contributed by atoms with van der Waals surface area (Å²) in [5, 5.41) is 2.99. The van der Waals surface area contributed by atoms with Crippen molar-refractivity contribution in [2.24, 2.45) is 5.92 Å². The number of esters is 3. The molecule has 0 bridgehead atoms. The Kier molecular flexibility index (Phi) is 10.7. The monoisotopic (exact) mass is 501 g/mol. The van der Waals surface area contributed by atoms with Crippen molar-refractivity contribution in [3.63, 3.8) is 0 Å². The van der Waals surface area contributed by atoms with Crippen LogP contribution in [0.5, 0.6) is 17.2 Å². The van der Waals surface area contributed by atoms with Gasteiger partial charge in [-0.25, -0.2) is 0 Å². The van der Waals surface area contributed by atoms with Gasteiger partial charge in [0, 0.05) is 6.54 Å². The first kappa shape index (κ1) is 28.6. The summed E-state index contributed by atoms with van der Waals surface area (Å²) in [4.78, 5) is 38.3. The lowest BCUT2D eigenvalue weighted by Crippen LogP contribution is -2.52. The molecule has 0 radical (unpaired) electrons. The molecule has 9 heteroatoms. The van der Waals surface area contributed by atoms with Gasteiger partial charge in [0.25, 0.3) is 0 Å². The first-order chi connectivity index (χ1) is 17.1. The van der Waals surface area contributed by atoms with Crippen LogP contribution in [0.4, 0.5) is 0 Å². The first-order valence-corrected chi connectivity index (χ1v) is 11.8. The van der Waals surface area contributed by atoms with E-state index in [1.165, 1.54) is 0 Å². The molecule has 0 aliphatic carbocycles. The molecule has 2 rings (SSSR count). The lowest BCUT2D eigenvalue weighted by Gasteiger charge is -2.28. The fraction of sp³-hybridized carbons (Fsp3) is 0.444. The highest BCUT2D eigenvalue weighted by Crippen LogP contribution is 2.24. The fourth-order valence-corrected chi connectivity index (χ4v) is 3.22. The summed E-state index contributed by atoms with van der Waals surface area (Å²) < 4.78 is 26.6. The van der Waals surface area contributed by atoms with Gasteiger partial charge in [0.15, 0.2) is 5.92 Å². The van der Waals surface area contributed by atoms with Crippen LogP contribution in [-0.2, 0) is 35.1 Å². The van der Waals surface area contributed by atoms with Crippen molar-refractivity contribution in [2.75, 3.05) is 20.3 Å². The highest BCUT2D eigenvalue weighted by Gasteiger charge is 2.43. The molecule has 2 aromatic carbocycles. The second-order valence-corrected chi connectivity index (χ2v) is 8.80. The maximum absolute atomic E-state index is 13.0. The lowest BCUT2D eigenvalue weighted by atomic mass is 9.98. The van der Waals surface area contributed by atoms with Crippen molar-refractivity contribution in [1.29, 1.82) is 0 Å².